The lowest BCUT2D eigenvalue weighted by molar-refractivity contribution is -0.119. The Morgan fingerprint density at radius 3 is 2.60 bits per heavy atom. The minimum absolute atomic E-state index is 0.140. The Hall–Kier alpha value is -1.35. The molecular weight excluding hydrogens is 250 g/mol. The van der Waals surface area contributed by atoms with E-state index in [1.165, 1.54) is 0 Å². The van der Waals surface area contributed by atoms with Crippen LogP contribution in [0.4, 0.5) is 0 Å². The molecule has 1 aromatic carbocycles. The zero-order chi connectivity index (χ0) is 15.2. The monoisotopic (exact) mass is 277 g/mol. The molecule has 1 aromatic rings. The lowest BCUT2D eigenvalue weighted by Crippen LogP contribution is -2.19. The second kappa shape index (κ2) is 7.44. The SMILES string of the molecule is COc1ccc(C)cc1CC(=O)CCC(C)(C)CCN. The first kappa shape index (κ1) is 16.7. The number of ether oxygens (including phenoxy) is 1. The number of methoxy groups -OCH3 is 1. The molecule has 0 aliphatic carbocycles. The van der Waals surface area contributed by atoms with Gasteiger partial charge < -0.3 is 10.5 Å². The standard InChI is InChI=1S/C17H27NO2/c1-13-5-6-16(20-4)14(11-13)12-15(19)7-8-17(2,3)9-10-18/h5-6,11H,7-10,12,18H2,1-4H3. The van der Waals surface area contributed by atoms with E-state index in [9.17, 15) is 4.79 Å². The number of hydrogen-bond donors (Lipinski definition) is 1. The maximum atomic E-state index is 12.2. The smallest absolute Gasteiger partial charge is 0.137 e. The quantitative estimate of drug-likeness (QED) is 0.793. The molecule has 0 bridgehead atoms. The van der Waals surface area contributed by atoms with E-state index in [1.807, 2.05) is 25.1 Å². The number of rotatable bonds is 8. The van der Waals surface area contributed by atoms with Crippen LogP contribution >= 0.6 is 0 Å². The fourth-order valence-electron chi connectivity index (χ4n) is 2.34. The first-order chi connectivity index (χ1) is 9.38. The van der Waals surface area contributed by atoms with Gasteiger partial charge in [0.1, 0.15) is 11.5 Å². The van der Waals surface area contributed by atoms with Gasteiger partial charge in [0.05, 0.1) is 7.11 Å². The molecule has 20 heavy (non-hydrogen) atoms. The summed E-state index contributed by atoms with van der Waals surface area (Å²) in [6, 6.07) is 5.95. The summed E-state index contributed by atoms with van der Waals surface area (Å²) in [6.07, 6.45) is 2.89. The Morgan fingerprint density at radius 2 is 2.00 bits per heavy atom. The van der Waals surface area contributed by atoms with Crippen LogP contribution in [0.25, 0.3) is 0 Å². The van der Waals surface area contributed by atoms with E-state index >= 15 is 0 Å². The van der Waals surface area contributed by atoms with Crippen molar-refractivity contribution < 1.29 is 9.53 Å². The Balaban J connectivity index is 2.61. The Kier molecular flexibility index (Phi) is 6.21. The maximum Gasteiger partial charge on any atom is 0.137 e. The third kappa shape index (κ3) is 5.33. The van der Waals surface area contributed by atoms with Crippen molar-refractivity contribution in [2.24, 2.45) is 11.1 Å². The first-order valence-electron chi connectivity index (χ1n) is 7.23. The highest BCUT2D eigenvalue weighted by molar-refractivity contribution is 5.81. The van der Waals surface area contributed by atoms with Crippen molar-refractivity contribution in [3.63, 3.8) is 0 Å². The largest absolute Gasteiger partial charge is 0.496 e. The predicted molar refractivity (Wildman–Crippen MR) is 83.1 cm³/mol. The molecule has 0 aliphatic heterocycles. The molecule has 0 atom stereocenters. The molecule has 3 nitrogen and oxygen atoms in total. The van der Waals surface area contributed by atoms with Gasteiger partial charge in [-0.1, -0.05) is 31.5 Å². The molecule has 0 saturated heterocycles. The fraction of sp³-hybridized carbons (Fsp3) is 0.588. The summed E-state index contributed by atoms with van der Waals surface area (Å²) < 4.78 is 5.32. The molecule has 3 heteroatoms. The van der Waals surface area contributed by atoms with Gasteiger partial charge in [-0.05, 0) is 37.8 Å². The van der Waals surface area contributed by atoms with Crippen LogP contribution in [-0.2, 0) is 11.2 Å². The first-order valence-corrected chi connectivity index (χ1v) is 7.23. The number of aryl methyl sites for hydroxylation is 1. The zero-order valence-corrected chi connectivity index (χ0v) is 13.2. The molecule has 0 radical (unpaired) electrons. The summed E-state index contributed by atoms with van der Waals surface area (Å²) in [5, 5.41) is 0. The van der Waals surface area contributed by atoms with Crippen molar-refractivity contribution in [1.82, 2.24) is 0 Å². The second-order valence-corrected chi connectivity index (χ2v) is 6.23. The van der Waals surface area contributed by atoms with E-state index in [1.54, 1.807) is 7.11 Å². The molecule has 0 heterocycles. The number of ketones is 1. The van der Waals surface area contributed by atoms with Crippen molar-refractivity contribution in [2.75, 3.05) is 13.7 Å². The van der Waals surface area contributed by atoms with Gasteiger partial charge in [0.25, 0.3) is 0 Å². The van der Waals surface area contributed by atoms with E-state index in [0.717, 1.165) is 29.7 Å². The highest BCUT2D eigenvalue weighted by atomic mass is 16.5. The minimum atomic E-state index is 0.140. The van der Waals surface area contributed by atoms with Gasteiger partial charge in [-0.15, -0.1) is 0 Å². The number of carbonyl (C=O) groups is 1. The van der Waals surface area contributed by atoms with Crippen molar-refractivity contribution in [2.45, 2.75) is 46.5 Å². The molecule has 0 aliphatic rings. The molecule has 2 N–H and O–H groups in total. The number of benzene rings is 1. The molecule has 0 amide bonds. The van der Waals surface area contributed by atoms with Crippen LogP contribution in [0.2, 0.25) is 0 Å². The van der Waals surface area contributed by atoms with Crippen LogP contribution in [0.3, 0.4) is 0 Å². The van der Waals surface area contributed by atoms with Gasteiger partial charge >= 0.3 is 0 Å². The third-order valence-corrected chi connectivity index (χ3v) is 3.73. The Morgan fingerprint density at radius 1 is 1.30 bits per heavy atom. The zero-order valence-electron chi connectivity index (χ0n) is 13.2. The highest BCUT2D eigenvalue weighted by Crippen LogP contribution is 2.27. The summed E-state index contributed by atoms with van der Waals surface area (Å²) in [5.41, 5.74) is 7.87. The molecule has 0 spiro atoms. The average molecular weight is 277 g/mol. The number of nitrogens with two attached hydrogens (primary N) is 1. The summed E-state index contributed by atoms with van der Waals surface area (Å²) >= 11 is 0. The summed E-state index contributed by atoms with van der Waals surface area (Å²) in [7, 11) is 1.64. The molecular formula is C17H27NO2. The van der Waals surface area contributed by atoms with E-state index < -0.39 is 0 Å². The van der Waals surface area contributed by atoms with Crippen LogP contribution < -0.4 is 10.5 Å². The van der Waals surface area contributed by atoms with Gasteiger partial charge in [-0.25, -0.2) is 0 Å². The van der Waals surface area contributed by atoms with Crippen molar-refractivity contribution in [3.05, 3.63) is 29.3 Å². The molecule has 1 rings (SSSR count). The van der Waals surface area contributed by atoms with Gasteiger partial charge in [0.15, 0.2) is 0 Å². The molecule has 0 aromatic heterocycles. The van der Waals surface area contributed by atoms with E-state index in [4.69, 9.17) is 10.5 Å². The van der Waals surface area contributed by atoms with Crippen molar-refractivity contribution in [3.8, 4) is 5.75 Å². The van der Waals surface area contributed by atoms with Gasteiger partial charge in [0, 0.05) is 18.4 Å². The molecule has 0 unspecified atom stereocenters. The molecule has 112 valence electrons. The van der Waals surface area contributed by atoms with Crippen LogP contribution in [0, 0.1) is 12.3 Å². The predicted octanol–water partition coefficient (Wildman–Crippen LogP) is 3.27. The van der Waals surface area contributed by atoms with Crippen molar-refractivity contribution >= 4 is 5.78 Å². The Labute approximate surface area is 122 Å². The lowest BCUT2D eigenvalue weighted by Gasteiger charge is -2.23. The molecule has 0 saturated carbocycles. The maximum absolute atomic E-state index is 12.2. The van der Waals surface area contributed by atoms with Crippen LogP contribution in [0.5, 0.6) is 5.75 Å². The van der Waals surface area contributed by atoms with Crippen LogP contribution in [0.1, 0.15) is 44.2 Å². The number of Topliss-reactive ketones (excluding diaryl/α,β-unsaturated/α-hetero) is 1. The number of hydrogen-bond acceptors (Lipinski definition) is 3. The number of carbonyl (C=O) groups excluding carboxylic acids is 1. The highest BCUT2D eigenvalue weighted by Gasteiger charge is 2.19. The topological polar surface area (TPSA) is 52.3 Å². The fourth-order valence-corrected chi connectivity index (χ4v) is 2.34. The van der Waals surface area contributed by atoms with Gasteiger partial charge in [-0.3, -0.25) is 4.79 Å². The second-order valence-electron chi connectivity index (χ2n) is 6.23. The molecule has 0 fully saturated rings. The third-order valence-electron chi connectivity index (χ3n) is 3.73. The van der Waals surface area contributed by atoms with Crippen LogP contribution in [-0.4, -0.2) is 19.4 Å². The summed E-state index contributed by atoms with van der Waals surface area (Å²) in [6.45, 7) is 7.03. The van der Waals surface area contributed by atoms with Gasteiger partial charge in [-0.2, -0.15) is 0 Å². The van der Waals surface area contributed by atoms with Crippen LogP contribution in [0.15, 0.2) is 18.2 Å². The average Bonchev–Trinajstić information content (AvgIpc) is 2.37. The lowest BCUT2D eigenvalue weighted by atomic mass is 9.83. The van der Waals surface area contributed by atoms with Crippen molar-refractivity contribution in [1.29, 1.82) is 0 Å². The van der Waals surface area contributed by atoms with E-state index in [0.29, 0.717) is 19.4 Å². The summed E-state index contributed by atoms with van der Waals surface area (Å²) in [5.74, 6) is 1.06. The Bertz CT molecular complexity index is 452. The van der Waals surface area contributed by atoms with E-state index in [-0.39, 0.29) is 11.2 Å². The van der Waals surface area contributed by atoms with Gasteiger partial charge in [0.2, 0.25) is 0 Å². The normalized spacial score (nSPS) is 11.4. The minimum Gasteiger partial charge on any atom is -0.496 e. The summed E-state index contributed by atoms with van der Waals surface area (Å²) in [4.78, 5) is 12.2. The van der Waals surface area contributed by atoms with E-state index in [2.05, 4.69) is 13.8 Å².